The van der Waals surface area contributed by atoms with Gasteiger partial charge in [-0.1, -0.05) is 0 Å². The number of nitrogens with two attached hydrogens (primary N) is 1. The van der Waals surface area contributed by atoms with Crippen molar-refractivity contribution < 1.29 is 9.59 Å². The van der Waals surface area contributed by atoms with Crippen molar-refractivity contribution in [1.82, 2.24) is 14.8 Å². The van der Waals surface area contributed by atoms with Crippen LogP contribution in [0.3, 0.4) is 0 Å². The molecule has 1 fully saturated rings. The van der Waals surface area contributed by atoms with Crippen LogP contribution in [-0.2, 0) is 11.3 Å². The lowest BCUT2D eigenvalue weighted by molar-refractivity contribution is -0.125. The third-order valence-corrected chi connectivity index (χ3v) is 2.51. The highest BCUT2D eigenvalue weighted by Crippen LogP contribution is 2.00. The molecule has 3 N–H and O–H groups in total. The number of nitrogens with zero attached hydrogens (tertiary/aromatic N) is 2. The number of carbonyl (C=O) groups is 2. The SMILES string of the molecule is Nc1ccc(=O)n(CCN2C(=O)CNC2=O)c1. The van der Waals surface area contributed by atoms with Crippen molar-refractivity contribution in [2.75, 3.05) is 18.8 Å². The van der Waals surface area contributed by atoms with Crippen molar-refractivity contribution in [2.24, 2.45) is 0 Å². The van der Waals surface area contributed by atoms with Gasteiger partial charge in [-0.3, -0.25) is 14.5 Å². The highest BCUT2D eigenvalue weighted by molar-refractivity contribution is 6.01. The van der Waals surface area contributed by atoms with Crippen molar-refractivity contribution >= 4 is 17.6 Å². The summed E-state index contributed by atoms with van der Waals surface area (Å²) in [7, 11) is 0. The van der Waals surface area contributed by atoms with E-state index in [1.165, 1.54) is 22.9 Å². The Hall–Kier alpha value is -2.31. The van der Waals surface area contributed by atoms with Gasteiger partial charge in [0.15, 0.2) is 0 Å². The summed E-state index contributed by atoms with van der Waals surface area (Å²) in [5.41, 5.74) is 5.79. The van der Waals surface area contributed by atoms with Gasteiger partial charge in [-0.15, -0.1) is 0 Å². The van der Waals surface area contributed by atoms with Gasteiger partial charge >= 0.3 is 6.03 Å². The number of hydrogen-bond acceptors (Lipinski definition) is 4. The van der Waals surface area contributed by atoms with Crippen LogP contribution in [0, 0.1) is 0 Å². The molecule has 3 amide bonds. The van der Waals surface area contributed by atoms with Crippen LogP contribution in [0.2, 0.25) is 0 Å². The Labute approximate surface area is 96.8 Å². The summed E-state index contributed by atoms with van der Waals surface area (Å²) >= 11 is 0. The largest absolute Gasteiger partial charge is 0.398 e. The molecule has 17 heavy (non-hydrogen) atoms. The molecule has 7 heteroatoms. The molecule has 1 aromatic heterocycles. The van der Waals surface area contributed by atoms with Gasteiger partial charge in [0.25, 0.3) is 5.56 Å². The van der Waals surface area contributed by atoms with Gasteiger partial charge < -0.3 is 15.6 Å². The Morgan fingerprint density at radius 3 is 2.65 bits per heavy atom. The van der Waals surface area contributed by atoms with Gasteiger partial charge in [0.2, 0.25) is 5.91 Å². The Kier molecular flexibility index (Phi) is 2.82. The standard InChI is InChI=1S/C10H12N4O3/c11-7-1-2-8(15)13(6-7)3-4-14-9(16)5-12-10(14)17/h1-2,6H,3-5,11H2,(H,12,17). The maximum atomic E-state index is 11.4. The van der Waals surface area contributed by atoms with Crippen LogP contribution in [0.25, 0.3) is 0 Å². The highest BCUT2D eigenvalue weighted by atomic mass is 16.2. The Morgan fingerprint density at radius 2 is 2.00 bits per heavy atom. The van der Waals surface area contributed by atoms with Crippen LogP contribution in [0.15, 0.2) is 23.1 Å². The minimum atomic E-state index is -0.424. The average molecular weight is 236 g/mol. The molecular formula is C10H12N4O3. The zero-order chi connectivity index (χ0) is 12.4. The summed E-state index contributed by atoms with van der Waals surface area (Å²) in [4.78, 5) is 35.0. The number of urea groups is 1. The molecule has 0 aromatic carbocycles. The van der Waals surface area contributed by atoms with Crippen LogP contribution in [0.4, 0.5) is 10.5 Å². The van der Waals surface area contributed by atoms with E-state index in [-0.39, 0.29) is 31.1 Å². The molecule has 0 bridgehead atoms. The Bertz CT molecular complexity index is 507. The first-order valence-electron chi connectivity index (χ1n) is 5.12. The predicted octanol–water partition coefficient (Wildman–Crippen LogP) is -1.02. The maximum Gasteiger partial charge on any atom is 0.324 e. The van der Waals surface area contributed by atoms with Gasteiger partial charge in [0.1, 0.15) is 0 Å². The third kappa shape index (κ3) is 2.27. The number of amides is 3. The number of carbonyl (C=O) groups excluding carboxylic acids is 2. The van der Waals surface area contributed by atoms with E-state index >= 15 is 0 Å². The third-order valence-electron chi connectivity index (χ3n) is 2.51. The fourth-order valence-corrected chi connectivity index (χ4v) is 1.61. The van der Waals surface area contributed by atoms with Crippen LogP contribution in [0.1, 0.15) is 0 Å². The minimum Gasteiger partial charge on any atom is -0.398 e. The summed E-state index contributed by atoms with van der Waals surface area (Å²) < 4.78 is 1.37. The minimum absolute atomic E-state index is 0.0185. The van der Waals surface area contributed by atoms with Crippen molar-refractivity contribution in [2.45, 2.75) is 6.54 Å². The van der Waals surface area contributed by atoms with Crippen LogP contribution >= 0.6 is 0 Å². The van der Waals surface area contributed by atoms with Gasteiger partial charge in [-0.05, 0) is 6.07 Å². The van der Waals surface area contributed by atoms with E-state index in [1.54, 1.807) is 0 Å². The summed E-state index contributed by atoms with van der Waals surface area (Å²) in [5, 5.41) is 2.41. The van der Waals surface area contributed by atoms with E-state index in [1.807, 2.05) is 0 Å². The monoisotopic (exact) mass is 236 g/mol. The van der Waals surface area contributed by atoms with Crippen molar-refractivity contribution in [3.8, 4) is 0 Å². The maximum absolute atomic E-state index is 11.4. The Balaban J connectivity index is 2.07. The topological polar surface area (TPSA) is 97.4 Å². The quantitative estimate of drug-likeness (QED) is 0.656. The van der Waals surface area contributed by atoms with E-state index in [2.05, 4.69) is 5.32 Å². The molecule has 1 saturated heterocycles. The smallest absolute Gasteiger partial charge is 0.324 e. The zero-order valence-corrected chi connectivity index (χ0v) is 9.05. The lowest BCUT2D eigenvalue weighted by Crippen LogP contribution is -2.35. The number of hydrogen-bond donors (Lipinski definition) is 2. The Morgan fingerprint density at radius 1 is 1.24 bits per heavy atom. The normalized spacial score (nSPS) is 15.2. The zero-order valence-electron chi connectivity index (χ0n) is 9.05. The summed E-state index contributed by atoms with van der Waals surface area (Å²) in [6.07, 6.45) is 1.49. The number of nitrogen functional groups attached to an aromatic ring is 1. The van der Waals surface area contributed by atoms with Crippen LogP contribution < -0.4 is 16.6 Å². The molecule has 1 aliphatic heterocycles. The van der Waals surface area contributed by atoms with E-state index in [4.69, 9.17) is 5.73 Å². The number of aromatic nitrogens is 1. The van der Waals surface area contributed by atoms with Crippen molar-refractivity contribution in [3.05, 3.63) is 28.7 Å². The number of nitrogens with one attached hydrogen (secondary N) is 1. The summed E-state index contributed by atoms with van der Waals surface area (Å²) in [6, 6.07) is 2.43. The first kappa shape index (κ1) is 11.2. The molecule has 90 valence electrons. The molecule has 1 aliphatic rings. The molecule has 0 aliphatic carbocycles. The molecule has 1 aromatic rings. The lowest BCUT2D eigenvalue weighted by Gasteiger charge is -2.13. The van der Waals surface area contributed by atoms with E-state index in [0.29, 0.717) is 5.69 Å². The molecule has 0 radical (unpaired) electrons. The second-order valence-corrected chi connectivity index (χ2v) is 3.70. The average Bonchev–Trinajstić information content (AvgIpc) is 2.61. The highest BCUT2D eigenvalue weighted by Gasteiger charge is 2.27. The first-order valence-corrected chi connectivity index (χ1v) is 5.12. The molecule has 0 spiro atoms. The second kappa shape index (κ2) is 4.28. The van der Waals surface area contributed by atoms with E-state index in [9.17, 15) is 14.4 Å². The van der Waals surface area contributed by atoms with E-state index in [0.717, 1.165) is 4.90 Å². The van der Waals surface area contributed by atoms with E-state index < -0.39 is 6.03 Å². The molecule has 0 unspecified atom stereocenters. The lowest BCUT2D eigenvalue weighted by atomic mass is 10.4. The molecule has 0 atom stereocenters. The molecule has 2 rings (SSSR count). The number of pyridine rings is 1. The fraction of sp³-hybridized carbons (Fsp3) is 0.300. The van der Waals surface area contributed by atoms with Crippen LogP contribution in [-0.4, -0.2) is 34.5 Å². The van der Waals surface area contributed by atoms with Gasteiger partial charge in [0, 0.05) is 31.0 Å². The summed E-state index contributed by atoms with van der Waals surface area (Å²) in [5.74, 6) is -0.285. The number of rotatable bonds is 3. The molecular weight excluding hydrogens is 224 g/mol. The molecule has 7 nitrogen and oxygen atoms in total. The second-order valence-electron chi connectivity index (χ2n) is 3.70. The van der Waals surface area contributed by atoms with Gasteiger partial charge in [0.05, 0.1) is 6.54 Å². The molecule has 2 heterocycles. The van der Waals surface area contributed by atoms with Crippen molar-refractivity contribution in [1.29, 1.82) is 0 Å². The predicted molar refractivity (Wildman–Crippen MR) is 60.2 cm³/mol. The van der Waals surface area contributed by atoms with Crippen molar-refractivity contribution in [3.63, 3.8) is 0 Å². The molecule has 0 saturated carbocycles. The van der Waals surface area contributed by atoms with Crippen LogP contribution in [0.5, 0.6) is 0 Å². The summed E-state index contributed by atoms with van der Waals surface area (Å²) in [6.45, 7) is 0.418. The van der Waals surface area contributed by atoms with Gasteiger partial charge in [-0.2, -0.15) is 0 Å². The first-order chi connectivity index (χ1) is 8.08. The van der Waals surface area contributed by atoms with Gasteiger partial charge in [-0.25, -0.2) is 4.79 Å². The fourth-order valence-electron chi connectivity index (χ4n) is 1.61. The number of anilines is 1. The number of imide groups is 1.